The van der Waals surface area contributed by atoms with E-state index in [4.69, 9.17) is 0 Å². The fraction of sp³-hybridized carbons (Fsp3) is 0.0370. The van der Waals surface area contributed by atoms with E-state index < -0.39 is 0 Å². The maximum atomic E-state index is 2.43. The molecule has 10 aromatic rings. The lowest BCUT2D eigenvalue weighted by molar-refractivity contribution is 0.865. The van der Waals surface area contributed by atoms with E-state index in [1.807, 2.05) is 0 Å². The maximum absolute atomic E-state index is 2.43. The van der Waals surface area contributed by atoms with Crippen LogP contribution in [0.1, 0.15) is 23.5 Å². The van der Waals surface area contributed by atoms with Gasteiger partial charge in [0.2, 0.25) is 0 Å². The fourth-order valence-corrected chi connectivity index (χ4v) is 9.20. The second-order valence-electron chi connectivity index (χ2n) is 14.8. The SMILES string of the molecule is C1=CC(c2cccc3ccccc23)CC=C1c1ccc2c(c1)c1ccccc1n2-c1ccc(-c2c3ccccc3c(-c3ccccc3)c3ccccc23)cc1. The average molecular weight is 700 g/mol. The number of nitrogens with zero attached hydrogens (tertiary/aromatic N) is 1. The van der Waals surface area contributed by atoms with Crippen LogP contribution in [0.25, 0.3) is 87.6 Å². The van der Waals surface area contributed by atoms with Crippen LogP contribution in [-0.4, -0.2) is 4.57 Å². The van der Waals surface area contributed by atoms with E-state index in [9.17, 15) is 0 Å². The third-order valence-corrected chi connectivity index (χ3v) is 11.7. The second kappa shape index (κ2) is 12.9. The van der Waals surface area contributed by atoms with E-state index in [0.29, 0.717) is 5.92 Å². The molecule has 1 aliphatic carbocycles. The molecule has 0 spiro atoms. The van der Waals surface area contributed by atoms with Gasteiger partial charge in [-0.3, -0.25) is 0 Å². The van der Waals surface area contributed by atoms with Crippen molar-refractivity contribution in [1.29, 1.82) is 0 Å². The van der Waals surface area contributed by atoms with Crippen molar-refractivity contribution in [2.45, 2.75) is 12.3 Å². The first-order valence-electron chi connectivity index (χ1n) is 19.3. The Morgan fingerprint density at radius 2 is 0.945 bits per heavy atom. The summed E-state index contributed by atoms with van der Waals surface area (Å²) in [6.07, 6.45) is 8.14. The van der Waals surface area contributed by atoms with Gasteiger partial charge in [0, 0.05) is 22.4 Å². The molecule has 0 radical (unpaired) electrons. The van der Waals surface area contributed by atoms with Crippen LogP contribution in [-0.2, 0) is 0 Å². The fourth-order valence-electron chi connectivity index (χ4n) is 9.20. The molecule has 9 aromatic carbocycles. The van der Waals surface area contributed by atoms with Crippen molar-refractivity contribution in [1.82, 2.24) is 4.57 Å². The highest BCUT2D eigenvalue weighted by Crippen LogP contribution is 2.44. The van der Waals surface area contributed by atoms with Crippen LogP contribution in [0.3, 0.4) is 0 Å². The molecule has 0 amide bonds. The Morgan fingerprint density at radius 1 is 0.400 bits per heavy atom. The summed E-state index contributed by atoms with van der Waals surface area (Å²) in [6, 6.07) is 69.0. The highest BCUT2D eigenvalue weighted by atomic mass is 15.0. The number of aromatic nitrogens is 1. The van der Waals surface area contributed by atoms with Crippen LogP contribution in [0, 0.1) is 0 Å². The molecule has 1 aromatic heterocycles. The van der Waals surface area contributed by atoms with E-state index in [1.165, 1.54) is 93.1 Å². The highest BCUT2D eigenvalue weighted by molar-refractivity contribution is 6.21. The van der Waals surface area contributed by atoms with Gasteiger partial charge < -0.3 is 4.57 Å². The number of para-hydroxylation sites is 1. The third-order valence-electron chi connectivity index (χ3n) is 11.7. The van der Waals surface area contributed by atoms with E-state index in [-0.39, 0.29) is 0 Å². The largest absolute Gasteiger partial charge is 0.309 e. The van der Waals surface area contributed by atoms with Gasteiger partial charge in [-0.25, -0.2) is 0 Å². The molecule has 0 saturated heterocycles. The normalized spacial score (nSPS) is 14.3. The van der Waals surface area contributed by atoms with E-state index in [2.05, 4.69) is 211 Å². The summed E-state index contributed by atoms with van der Waals surface area (Å²) in [6.45, 7) is 0. The monoisotopic (exact) mass is 699 g/mol. The summed E-state index contributed by atoms with van der Waals surface area (Å²) in [5, 5.41) is 10.3. The van der Waals surface area contributed by atoms with Crippen LogP contribution in [0.4, 0.5) is 0 Å². The zero-order chi connectivity index (χ0) is 36.3. The Bertz CT molecular complexity index is 3100. The smallest absolute Gasteiger partial charge is 0.0541 e. The summed E-state index contributed by atoms with van der Waals surface area (Å²) in [5.74, 6) is 0.376. The van der Waals surface area contributed by atoms with Gasteiger partial charge in [0.15, 0.2) is 0 Å². The molecule has 0 saturated carbocycles. The molecule has 258 valence electrons. The first-order chi connectivity index (χ1) is 27.3. The molecule has 1 heterocycles. The summed E-state index contributed by atoms with van der Waals surface area (Å²) in [5.41, 5.74) is 12.6. The molecular weight excluding hydrogens is 663 g/mol. The standard InChI is InChI=1S/C54H37N/c1-2-14-39(15-3-1)53-46-19-6-8-21-48(46)54(49-22-9-7-20-47(49)53)40-29-32-42(33-30-40)55-51-24-11-10-18-45(51)50-35-41(31-34-52(50)55)36-25-27-38(28-26-36)44-23-12-16-37-13-4-5-17-43(37)44/h1-27,29-35,38H,28H2. The summed E-state index contributed by atoms with van der Waals surface area (Å²) in [4.78, 5) is 0. The zero-order valence-corrected chi connectivity index (χ0v) is 30.4. The van der Waals surface area contributed by atoms with Crippen molar-refractivity contribution in [2.75, 3.05) is 0 Å². The van der Waals surface area contributed by atoms with Crippen molar-refractivity contribution in [3.63, 3.8) is 0 Å². The minimum Gasteiger partial charge on any atom is -0.309 e. The van der Waals surface area contributed by atoms with Gasteiger partial charge in [-0.15, -0.1) is 0 Å². The van der Waals surface area contributed by atoms with E-state index in [1.54, 1.807) is 0 Å². The molecule has 0 N–H and O–H groups in total. The molecule has 55 heavy (non-hydrogen) atoms. The Hall–Kier alpha value is -6.96. The van der Waals surface area contributed by atoms with E-state index in [0.717, 1.165) is 12.1 Å². The van der Waals surface area contributed by atoms with Crippen LogP contribution < -0.4 is 0 Å². The number of benzene rings is 9. The molecule has 0 bridgehead atoms. The van der Waals surface area contributed by atoms with E-state index >= 15 is 0 Å². The molecule has 11 rings (SSSR count). The molecular formula is C54H37N. The number of allylic oxidation sites excluding steroid dienone is 4. The predicted octanol–water partition coefficient (Wildman–Crippen LogP) is 14.7. The third kappa shape index (κ3) is 5.16. The lowest BCUT2D eigenvalue weighted by atomic mass is 9.86. The van der Waals surface area contributed by atoms with Gasteiger partial charge in [0.1, 0.15) is 0 Å². The first kappa shape index (κ1) is 31.6. The van der Waals surface area contributed by atoms with Gasteiger partial charge >= 0.3 is 0 Å². The van der Waals surface area contributed by atoms with Crippen molar-refractivity contribution in [2.24, 2.45) is 0 Å². The summed E-state index contributed by atoms with van der Waals surface area (Å²) in [7, 11) is 0. The predicted molar refractivity (Wildman–Crippen MR) is 235 cm³/mol. The zero-order valence-electron chi connectivity index (χ0n) is 30.4. The second-order valence-corrected chi connectivity index (χ2v) is 14.8. The molecule has 1 aliphatic rings. The highest BCUT2D eigenvalue weighted by Gasteiger charge is 2.19. The topological polar surface area (TPSA) is 4.93 Å². The average Bonchev–Trinajstić information content (AvgIpc) is 3.59. The molecule has 1 atom stereocenters. The van der Waals surface area contributed by atoms with Crippen LogP contribution in [0.15, 0.2) is 206 Å². The van der Waals surface area contributed by atoms with Gasteiger partial charge in [0.25, 0.3) is 0 Å². The van der Waals surface area contributed by atoms with Gasteiger partial charge in [0.05, 0.1) is 11.0 Å². The van der Waals surface area contributed by atoms with Crippen LogP contribution in [0.5, 0.6) is 0 Å². The van der Waals surface area contributed by atoms with Crippen LogP contribution >= 0.6 is 0 Å². The maximum Gasteiger partial charge on any atom is 0.0541 e. The molecule has 1 nitrogen and oxygen atoms in total. The van der Waals surface area contributed by atoms with Crippen LogP contribution in [0.2, 0.25) is 0 Å². The minimum absolute atomic E-state index is 0.376. The van der Waals surface area contributed by atoms with Crippen molar-refractivity contribution in [3.05, 3.63) is 217 Å². The lowest BCUT2D eigenvalue weighted by Gasteiger charge is -2.19. The molecule has 1 unspecified atom stereocenters. The Kier molecular flexibility index (Phi) is 7.38. The number of fused-ring (bicyclic) bond motifs is 6. The Labute approximate surface area is 320 Å². The summed E-state index contributed by atoms with van der Waals surface area (Å²) < 4.78 is 2.43. The molecule has 1 heteroatoms. The number of hydrogen-bond donors (Lipinski definition) is 0. The number of rotatable bonds is 5. The molecule has 0 aliphatic heterocycles. The summed E-state index contributed by atoms with van der Waals surface area (Å²) >= 11 is 0. The lowest BCUT2D eigenvalue weighted by Crippen LogP contribution is -1.99. The van der Waals surface area contributed by atoms with Gasteiger partial charge in [-0.05, 0) is 108 Å². The van der Waals surface area contributed by atoms with Crippen molar-refractivity contribution >= 4 is 59.7 Å². The Morgan fingerprint density at radius 3 is 1.62 bits per heavy atom. The molecule has 0 fully saturated rings. The quantitative estimate of drug-likeness (QED) is 0.158. The number of hydrogen-bond acceptors (Lipinski definition) is 0. The first-order valence-corrected chi connectivity index (χ1v) is 19.3. The van der Waals surface area contributed by atoms with Gasteiger partial charge in [-0.1, -0.05) is 176 Å². The Balaban J connectivity index is 0.988. The minimum atomic E-state index is 0.376. The van der Waals surface area contributed by atoms with Crippen molar-refractivity contribution < 1.29 is 0 Å². The van der Waals surface area contributed by atoms with Gasteiger partial charge in [-0.2, -0.15) is 0 Å². The van der Waals surface area contributed by atoms with Crippen molar-refractivity contribution in [3.8, 4) is 27.9 Å².